The molecule has 0 aliphatic carbocycles. The third kappa shape index (κ3) is 2.99. The molecule has 0 unspecified atom stereocenters. The number of benzene rings is 2. The van der Waals surface area contributed by atoms with E-state index in [4.69, 9.17) is 10.5 Å². The van der Waals surface area contributed by atoms with Crippen LogP contribution in [0.4, 0.5) is 5.69 Å². The Hall–Kier alpha value is -3.43. The Kier molecular flexibility index (Phi) is 4.23. The minimum atomic E-state index is -1.68. The molecule has 0 fully saturated rings. The zero-order valence-corrected chi connectivity index (χ0v) is 14.4. The number of fused-ring (bicyclic) bond motifs is 1. The van der Waals surface area contributed by atoms with Gasteiger partial charge in [0.25, 0.3) is 0 Å². The molecule has 9 heteroatoms. The summed E-state index contributed by atoms with van der Waals surface area (Å²) in [6.07, 6.45) is 4.86. The molecule has 0 amide bonds. The van der Waals surface area contributed by atoms with E-state index in [2.05, 4.69) is 20.2 Å². The zero-order valence-electron chi connectivity index (χ0n) is 14.4. The number of aromatic amines is 1. The molecule has 2 aromatic heterocycles. The summed E-state index contributed by atoms with van der Waals surface area (Å²) in [4.78, 5) is 7.39. The molecule has 0 saturated heterocycles. The first-order valence-corrected chi connectivity index (χ1v) is 8.17. The van der Waals surface area contributed by atoms with E-state index < -0.39 is 7.12 Å². The van der Waals surface area contributed by atoms with Crippen LogP contribution in [-0.2, 0) is 0 Å². The second-order valence-corrected chi connectivity index (χ2v) is 5.98. The maximum Gasteiger partial charge on any atom is 0.492 e. The zero-order chi connectivity index (χ0) is 19.0. The number of methoxy groups -OCH3 is 1. The summed E-state index contributed by atoms with van der Waals surface area (Å²) in [5, 5.41) is 28.3. The van der Waals surface area contributed by atoms with E-state index in [0.717, 1.165) is 22.1 Å². The maximum atomic E-state index is 9.75. The molecule has 0 saturated carbocycles. The van der Waals surface area contributed by atoms with E-state index in [1.165, 1.54) is 13.3 Å². The SMILES string of the molecule is COc1cc(-c2ncc[nH]2)c(-c2ccc3c(N)cnnc3c2)cc1B(O)O. The van der Waals surface area contributed by atoms with Crippen LogP contribution in [-0.4, -0.2) is 44.4 Å². The lowest BCUT2D eigenvalue weighted by Gasteiger charge is -2.15. The maximum absolute atomic E-state index is 9.75. The highest BCUT2D eigenvalue weighted by Crippen LogP contribution is 2.34. The lowest BCUT2D eigenvalue weighted by atomic mass is 9.77. The Balaban J connectivity index is 1.99. The molecular weight excluding hydrogens is 345 g/mol. The molecule has 2 heterocycles. The highest BCUT2D eigenvalue weighted by atomic mass is 16.5. The predicted octanol–water partition coefficient (Wildman–Crippen LogP) is 0.957. The molecular formula is C18H16BN5O3. The number of nitrogen functional groups attached to an aromatic ring is 1. The Bertz CT molecular complexity index is 1120. The van der Waals surface area contributed by atoms with Crippen molar-refractivity contribution in [2.45, 2.75) is 0 Å². The number of imidazole rings is 1. The van der Waals surface area contributed by atoms with Crippen molar-refractivity contribution in [3.8, 4) is 28.3 Å². The summed E-state index contributed by atoms with van der Waals surface area (Å²) in [6.45, 7) is 0. The smallest absolute Gasteiger partial charge is 0.492 e. The Morgan fingerprint density at radius 2 is 2.00 bits per heavy atom. The van der Waals surface area contributed by atoms with Crippen molar-refractivity contribution < 1.29 is 14.8 Å². The van der Waals surface area contributed by atoms with Crippen LogP contribution in [0.15, 0.2) is 48.9 Å². The quantitative estimate of drug-likeness (QED) is 0.398. The molecule has 8 nitrogen and oxygen atoms in total. The molecule has 4 rings (SSSR count). The van der Waals surface area contributed by atoms with Gasteiger partial charge >= 0.3 is 7.12 Å². The molecule has 134 valence electrons. The highest BCUT2D eigenvalue weighted by Gasteiger charge is 2.22. The lowest BCUT2D eigenvalue weighted by Crippen LogP contribution is -2.31. The van der Waals surface area contributed by atoms with Crippen LogP contribution >= 0.6 is 0 Å². The Labute approximate surface area is 154 Å². The van der Waals surface area contributed by atoms with Crippen LogP contribution in [0.5, 0.6) is 5.75 Å². The largest absolute Gasteiger partial charge is 0.497 e. The van der Waals surface area contributed by atoms with Crippen molar-refractivity contribution in [2.24, 2.45) is 0 Å². The third-order valence-electron chi connectivity index (χ3n) is 4.38. The van der Waals surface area contributed by atoms with Crippen molar-refractivity contribution in [3.05, 3.63) is 48.9 Å². The van der Waals surface area contributed by atoms with Gasteiger partial charge in [-0.05, 0) is 29.3 Å². The number of anilines is 1. The van der Waals surface area contributed by atoms with Crippen LogP contribution in [0.3, 0.4) is 0 Å². The second kappa shape index (κ2) is 6.71. The van der Waals surface area contributed by atoms with Gasteiger partial charge in [0.05, 0.1) is 24.5 Å². The molecule has 5 N–H and O–H groups in total. The molecule has 0 spiro atoms. The van der Waals surface area contributed by atoms with Crippen LogP contribution in [0, 0.1) is 0 Å². The number of nitrogens with two attached hydrogens (primary N) is 1. The van der Waals surface area contributed by atoms with E-state index in [0.29, 0.717) is 22.8 Å². The number of hydrogen-bond donors (Lipinski definition) is 4. The molecule has 0 aliphatic rings. The van der Waals surface area contributed by atoms with Crippen molar-refractivity contribution in [3.63, 3.8) is 0 Å². The third-order valence-corrected chi connectivity index (χ3v) is 4.38. The molecule has 0 radical (unpaired) electrons. The minimum Gasteiger partial charge on any atom is -0.497 e. The standard InChI is InChI=1S/C18H16BN5O3/c1-27-17-8-13(18-21-4-5-22-18)12(7-14(17)19(25)26)10-2-3-11-15(20)9-23-24-16(11)6-10/h2-9,25-26H,1H3,(H2,20,24)(H,21,22). The van der Waals surface area contributed by atoms with Gasteiger partial charge in [0.2, 0.25) is 0 Å². The van der Waals surface area contributed by atoms with Gasteiger partial charge in [0.1, 0.15) is 11.6 Å². The topological polar surface area (TPSA) is 130 Å². The number of hydrogen-bond acceptors (Lipinski definition) is 7. The monoisotopic (exact) mass is 361 g/mol. The lowest BCUT2D eigenvalue weighted by molar-refractivity contribution is 0.403. The fraction of sp³-hybridized carbons (Fsp3) is 0.0556. The minimum absolute atomic E-state index is 0.251. The fourth-order valence-electron chi connectivity index (χ4n) is 3.07. The van der Waals surface area contributed by atoms with Crippen molar-refractivity contribution in [2.75, 3.05) is 12.8 Å². The molecule has 0 aliphatic heterocycles. The van der Waals surface area contributed by atoms with Crippen molar-refractivity contribution >= 4 is 29.2 Å². The van der Waals surface area contributed by atoms with Crippen LogP contribution in [0.2, 0.25) is 0 Å². The summed E-state index contributed by atoms with van der Waals surface area (Å²) in [6, 6.07) is 8.99. The average molecular weight is 361 g/mol. The Morgan fingerprint density at radius 1 is 1.15 bits per heavy atom. The first-order chi connectivity index (χ1) is 13.1. The number of H-pyrrole nitrogens is 1. The van der Waals surface area contributed by atoms with E-state index in [-0.39, 0.29) is 5.46 Å². The fourth-order valence-corrected chi connectivity index (χ4v) is 3.07. The molecule has 2 aromatic carbocycles. The average Bonchev–Trinajstić information content (AvgIpc) is 3.21. The molecule has 0 atom stereocenters. The Morgan fingerprint density at radius 3 is 2.70 bits per heavy atom. The summed E-state index contributed by atoms with van der Waals surface area (Å²) in [7, 11) is -0.207. The highest BCUT2D eigenvalue weighted by molar-refractivity contribution is 6.60. The normalized spacial score (nSPS) is 10.9. The molecule has 4 aromatic rings. The molecule has 27 heavy (non-hydrogen) atoms. The summed E-state index contributed by atoms with van der Waals surface area (Å²) < 4.78 is 5.32. The van der Waals surface area contributed by atoms with Crippen LogP contribution < -0.4 is 15.9 Å². The van der Waals surface area contributed by atoms with Gasteiger partial charge < -0.3 is 25.5 Å². The van der Waals surface area contributed by atoms with Crippen molar-refractivity contribution in [1.82, 2.24) is 20.2 Å². The summed E-state index contributed by atoms with van der Waals surface area (Å²) in [5.41, 5.74) is 9.67. The van der Waals surface area contributed by atoms with E-state index in [9.17, 15) is 10.0 Å². The van der Waals surface area contributed by atoms with Gasteiger partial charge in [0, 0.05) is 28.8 Å². The second-order valence-electron chi connectivity index (χ2n) is 5.98. The first-order valence-electron chi connectivity index (χ1n) is 8.17. The van der Waals surface area contributed by atoms with Crippen LogP contribution in [0.1, 0.15) is 0 Å². The van der Waals surface area contributed by atoms with Gasteiger partial charge in [-0.3, -0.25) is 0 Å². The van der Waals surface area contributed by atoms with Gasteiger partial charge in [0.15, 0.2) is 0 Å². The van der Waals surface area contributed by atoms with Gasteiger partial charge in [-0.2, -0.15) is 10.2 Å². The van der Waals surface area contributed by atoms with Crippen molar-refractivity contribution in [1.29, 1.82) is 0 Å². The summed E-state index contributed by atoms with van der Waals surface area (Å²) >= 11 is 0. The van der Waals surface area contributed by atoms with Gasteiger partial charge in [-0.15, -0.1) is 0 Å². The number of rotatable bonds is 4. The molecule has 0 bridgehead atoms. The number of aromatic nitrogens is 4. The summed E-state index contributed by atoms with van der Waals surface area (Å²) in [5.74, 6) is 0.978. The van der Waals surface area contributed by atoms with E-state index in [1.54, 1.807) is 24.5 Å². The van der Waals surface area contributed by atoms with Crippen LogP contribution in [0.25, 0.3) is 33.4 Å². The predicted molar refractivity (Wildman–Crippen MR) is 103 cm³/mol. The van der Waals surface area contributed by atoms with E-state index >= 15 is 0 Å². The van der Waals surface area contributed by atoms with E-state index in [1.807, 2.05) is 18.2 Å². The van der Waals surface area contributed by atoms with Gasteiger partial charge in [-0.25, -0.2) is 4.98 Å². The number of ether oxygens (including phenoxy) is 1. The number of nitrogens with zero attached hydrogens (tertiary/aromatic N) is 3. The number of nitrogens with one attached hydrogen (secondary N) is 1. The first kappa shape index (κ1) is 17.0. The van der Waals surface area contributed by atoms with Gasteiger partial charge in [-0.1, -0.05) is 12.1 Å².